The molecule has 8 nitrogen and oxygen atoms in total. The second kappa shape index (κ2) is 10.3. The van der Waals surface area contributed by atoms with Crippen molar-refractivity contribution in [1.82, 2.24) is 15.3 Å². The van der Waals surface area contributed by atoms with Gasteiger partial charge >= 0.3 is 0 Å². The maximum Gasteiger partial charge on any atom is 0.232 e. The Labute approximate surface area is 199 Å². The number of amides is 1. The molecule has 2 aromatic rings. The molecule has 178 valence electrons. The Bertz CT molecular complexity index is 986. The molecule has 0 spiro atoms. The number of pyridine rings is 2. The topological polar surface area (TPSA) is 97.4 Å². The first-order chi connectivity index (χ1) is 15.8. The van der Waals surface area contributed by atoms with Gasteiger partial charge in [-0.2, -0.15) is 0 Å². The lowest BCUT2D eigenvalue weighted by atomic mass is 9.88. The molecule has 9 heteroatoms. The predicted molar refractivity (Wildman–Crippen MR) is 130 cm³/mol. The summed E-state index contributed by atoms with van der Waals surface area (Å²) in [4.78, 5) is 21.7. The molecule has 2 fully saturated rings. The molecule has 0 saturated carbocycles. The zero-order valence-electron chi connectivity index (χ0n) is 19.4. The molecule has 1 amide bonds. The van der Waals surface area contributed by atoms with Crippen LogP contribution in [0, 0.1) is 11.8 Å². The van der Waals surface area contributed by atoms with Crippen molar-refractivity contribution in [3.05, 3.63) is 35.5 Å². The van der Waals surface area contributed by atoms with E-state index >= 15 is 0 Å². The third-order valence-electron chi connectivity index (χ3n) is 6.30. The van der Waals surface area contributed by atoms with Crippen molar-refractivity contribution < 1.29 is 14.3 Å². The van der Waals surface area contributed by atoms with Gasteiger partial charge in [-0.15, -0.1) is 0 Å². The minimum absolute atomic E-state index is 0.0803. The molecular weight excluding hydrogens is 442 g/mol. The van der Waals surface area contributed by atoms with Gasteiger partial charge in [0, 0.05) is 45.1 Å². The minimum Gasteiger partial charge on any atom is -0.379 e. The van der Waals surface area contributed by atoms with Crippen LogP contribution in [0.2, 0.25) is 5.02 Å². The van der Waals surface area contributed by atoms with Crippen molar-refractivity contribution in [2.75, 3.05) is 44.0 Å². The number of aromatic nitrogens is 2. The summed E-state index contributed by atoms with van der Waals surface area (Å²) in [5.74, 6) is 1.36. The van der Waals surface area contributed by atoms with Gasteiger partial charge in [-0.1, -0.05) is 17.7 Å². The van der Waals surface area contributed by atoms with Gasteiger partial charge in [0.25, 0.3) is 0 Å². The highest BCUT2D eigenvalue weighted by Gasteiger charge is 2.33. The second-order valence-corrected chi connectivity index (χ2v) is 9.74. The fourth-order valence-corrected chi connectivity index (χ4v) is 4.75. The number of methoxy groups -OCH3 is 1. The Kier molecular flexibility index (Phi) is 7.48. The molecular formula is C24H32ClN5O3. The molecule has 3 N–H and O–H groups in total. The van der Waals surface area contributed by atoms with Crippen LogP contribution in [0.25, 0.3) is 11.3 Å². The molecule has 2 saturated heterocycles. The standard InChI is InChI=1S/C24H32ClN5O3/c1-24(2)10-15(7-8-33-24)11-27-21-6-4-5-19(29-21)16-9-22(28-13-18(16)25)30-23(31)17-12-26-14-20(17)32-3/h4-6,9,13,15,17,20,26H,7-8,10-12,14H2,1-3H3,(H,27,29)(H,28,30,31)/t15?,17-,20-/m0/s1. The molecule has 0 radical (unpaired) electrons. The van der Waals surface area contributed by atoms with Crippen LogP contribution in [0.15, 0.2) is 30.5 Å². The lowest BCUT2D eigenvalue weighted by Gasteiger charge is -2.35. The summed E-state index contributed by atoms with van der Waals surface area (Å²) in [6.45, 7) is 7.13. The normalized spacial score (nSPS) is 24.4. The minimum atomic E-state index is -0.267. The Hall–Kier alpha value is -2.26. The van der Waals surface area contributed by atoms with E-state index in [0.717, 1.165) is 31.8 Å². The maximum atomic E-state index is 12.7. The number of nitrogens with zero attached hydrogens (tertiary/aromatic N) is 2. The van der Waals surface area contributed by atoms with Crippen molar-refractivity contribution in [1.29, 1.82) is 0 Å². The SMILES string of the molecule is CO[C@H]1CNC[C@@H]1C(=O)Nc1cc(-c2cccc(NCC3CCOC(C)(C)C3)n2)c(Cl)cn1. The van der Waals surface area contributed by atoms with Gasteiger partial charge in [0.1, 0.15) is 11.6 Å². The summed E-state index contributed by atoms with van der Waals surface area (Å²) in [6, 6.07) is 7.56. The first-order valence-corrected chi connectivity index (χ1v) is 11.8. The van der Waals surface area contributed by atoms with Crippen LogP contribution in [0.4, 0.5) is 11.6 Å². The van der Waals surface area contributed by atoms with Gasteiger partial charge < -0.3 is 25.4 Å². The van der Waals surface area contributed by atoms with Crippen molar-refractivity contribution in [2.24, 2.45) is 11.8 Å². The number of halogens is 1. The lowest BCUT2D eigenvalue weighted by Crippen LogP contribution is -2.36. The number of carbonyl (C=O) groups excluding carboxylic acids is 1. The fourth-order valence-electron chi connectivity index (χ4n) is 4.55. The maximum absolute atomic E-state index is 12.7. The Morgan fingerprint density at radius 3 is 2.97 bits per heavy atom. The first kappa shape index (κ1) is 23.9. The van der Waals surface area contributed by atoms with Crippen LogP contribution in [-0.4, -0.2) is 60.9 Å². The van der Waals surface area contributed by atoms with Crippen LogP contribution in [0.1, 0.15) is 26.7 Å². The van der Waals surface area contributed by atoms with Gasteiger partial charge in [0.15, 0.2) is 0 Å². The van der Waals surface area contributed by atoms with E-state index in [1.807, 2.05) is 18.2 Å². The molecule has 2 aliphatic rings. The van der Waals surface area contributed by atoms with Crippen LogP contribution in [0.5, 0.6) is 0 Å². The van der Waals surface area contributed by atoms with E-state index in [4.69, 9.17) is 26.1 Å². The van der Waals surface area contributed by atoms with Gasteiger partial charge in [-0.05, 0) is 50.8 Å². The Balaban J connectivity index is 1.44. The van der Waals surface area contributed by atoms with E-state index in [-0.39, 0.29) is 23.5 Å². The van der Waals surface area contributed by atoms with E-state index < -0.39 is 0 Å². The van der Waals surface area contributed by atoms with Crippen LogP contribution in [-0.2, 0) is 14.3 Å². The molecule has 4 rings (SSSR count). The molecule has 33 heavy (non-hydrogen) atoms. The highest BCUT2D eigenvalue weighted by atomic mass is 35.5. The molecule has 0 bridgehead atoms. The van der Waals surface area contributed by atoms with Gasteiger partial charge in [0.2, 0.25) is 5.91 Å². The van der Waals surface area contributed by atoms with Crippen molar-refractivity contribution in [3.63, 3.8) is 0 Å². The predicted octanol–water partition coefficient (Wildman–Crippen LogP) is 3.59. The first-order valence-electron chi connectivity index (χ1n) is 11.4. The zero-order chi connectivity index (χ0) is 23.4. The van der Waals surface area contributed by atoms with Crippen LogP contribution < -0.4 is 16.0 Å². The number of carbonyl (C=O) groups is 1. The van der Waals surface area contributed by atoms with E-state index in [1.54, 1.807) is 19.4 Å². The van der Waals surface area contributed by atoms with Crippen LogP contribution in [0.3, 0.4) is 0 Å². The number of hydrogen-bond donors (Lipinski definition) is 3. The van der Waals surface area contributed by atoms with Crippen molar-refractivity contribution in [3.8, 4) is 11.3 Å². The van der Waals surface area contributed by atoms with Gasteiger partial charge in [0.05, 0.1) is 28.3 Å². The molecule has 3 atom stereocenters. The third-order valence-corrected chi connectivity index (χ3v) is 6.60. The second-order valence-electron chi connectivity index (χ2n) is 9.33. The third kappa shape index (κ3) is 6.00. The highest BCUT2D eigenvalue weighted by Crippen LogP contribution is 2.31. The highest BCUT2D eigenvalue weighted by molar-refractivity contribution is 6.33. The molecule has 1 unspecified atom stereocenters. The number of anilines is 2. The largest absolute Gasteiger partial charge is 0.379 e. The average molecular weight is 474 g/mol. The number of rotatable bonds is 7. The summed E-state index contributed by atoms with van der Waals surface area (Å²) in [5, 5.41) is 10.0. The van der Waals surface area contributed by atoms with Crippen molar-refractivity contribution in [2.45, 2.75) is 38.4 Å². The summed E-state index contributed by atoms with van der Waals surface area (Å²) in [6.07, 6.45) is 3.44. The number of hydrogen-bond acceptors (Lipinski definition) is 7. The summed E-state index contributed by atoms with van der Waals surface area (Å²) in [5.41, 5.74) is 1.35. The fraction of sp³-hybridized carbons (Fsp3) is 0.542. The van der Waals surface area contributed by atoms with E-state index in [0.29, 0.717) is 41.1 Å². The van der Waals surface area contributed by atoms with Crippen molar-refractivity contribution >= 4 is 29.1 Å². The number of nitrogens with one attached hydrogen (secondary N) is 3. The quantitative estimate of drug-likeness (QED) is 0.565. The van der Waals surface area contributed by atoms with E-state index in [2.05, 4.69) is 34.8 Å². The van der Waals surface area contributed by atoms with Crippen LogP contribution >= 0.6 is 11.6 Å². The summed E-state index contributed by atoms with van der Waals surface area (Å²) in [7, 11) is 1.62. The monoisotopic (exact) mass is 473 g/mol. The summed E-state index contributed by atoms with van der Waals surface area (Å²) < 4.78 is 11.2. The average Bonchev–Trinajstić information content (AvgIpc) is 3.28. The van der Waals surface area contributed by atoms with Gasteiger partial charge in [-0.25, -0.2) is 9.97 Å². The Morgan fingerprint density at radius 2 is 2.18 bits per heavy atom. The van der Waals surface area contributed by atoms with Gasteiger partial charge in [-0.3, -0.25) is 4.79 Å². The van der Waals surface area contributed by atoms with E-state index in [1.165, 1.54) is 0 Å². The lowest BCUT2D eigenvalue weighted by molar-refractivity contribution is -0.122. The molecule has 0 aromatic carbocycles. The molecule has 2 aromatic heterocycles. The Morgan fingerprint density at radius 1 is 1.33 bits per heavy atom. The molecule has 0 aliphatic carbocycles. The number of ether oxygens (including phenoxy) is 2. The molecule has 4 heterocycles. The molecule has 2 aliphatic heterocycles. The summed E-state index contributed by atoms with van der Waals surface area (Å²) >= 11 is 6.44. The zero-order valence-corrected chi connectivity index (χ0v) is 20.1. The van der Waals surface area contributed by atoms with E-state index in [9.17, 15) is 4.79 Å². The smallest absolute Gasteiger partial charge is 0.232 e.